The highest BCUT2D eigenvalue weighted by atomic mass is 16.5. The van der Waals surface area contributed by atoms with E-state index in [1.807, 2.05) is 0 Å². The molecule has 0 aromatic carbocycles. The molecule has 0 aromatic heterocycles. The topological polar surface area (TPSA) is 70.8 Å². The molecule has 2 unspecified atom stereocenters. The Bertz CT molecular complexity index is 206. The third-order valence-electron chi connectivity index (χ3n) is 1.97. The monoisotopic (exact) mass is 217 g/mol. The van der Waals surface area contributed by atoms with Gasteiger partial charge in [0.1, 0.15) is 6.10 Å². The van der Waals surface area contributed by atoms with Crippen molar-refractivity contribution >= 4 is 6.09 Å². The van der Waals surface area contributed by atoms with Gasteiger partial charge >= 0.3 is 6.09 Å². The maximum atomic E-state index is 10.3. The third-order valence-corrected chi connectivity index (χ3v) is 1.97. The first kappa shape index (κ1) is 13.9. The van der Waals surface area contributed by atoms with Crippen molar-refractivity contribution in [3.05, 3.63) is 12.3 Å². The standard InChI is InChI=1S/C10H19NO4/c1-4-5-8(13-2)9(14-3)6-7-15-10(11)12/h6-9H,4-5H2,1-3H3,(H2,11,12). The second-order valence-electron chi connectivity index (χ2n) is 3.03. The van der Waals surface area contributed by atoms with E-state index in [9.17, 15) is 4.79 Å². The van der Waals surface area contributed by atoms with Gasteiger partial charge in [-0.3, -0.25) is 0 Å². The number of hydrogen-bond donors (Lipinski definition) is 1. The molecule has 2 atom stereocenters. The smallest absolute Gasteiger partial charge is 0.409 e. The first-order chi connectivity index (χ1) is 7.15. The Morgan fingerprint density at radius 1 is 1.40 bits per heavy atom. The van der Waals surface area contributed by atoms with Crippen molar-refractivity contribution in [2.45, 2.75) is 32.0 Å². The molecule has 0 rings (SSSR count). The minimum atomic E-state index is -0.842. The highest BCUT2D eigenvalue weighted by molar-refractivity contribution is 5.65. The molecular weight excluding hydrogens is 198 g/mol. The number of carbonyl (C=O) groups is 1. The van der Waals surface area contributed by atoms with Crippen LogP contribution in [-0.4, -0.2) is 32.5 Å². The van der Waals surface area contributed by atoms with E-state index in [0.29, 0.717) is 0 Å². The van der Waals surface area contributed by atoms with Gasteiger partial charge < -0.3 is 19.9 Å². The molecule has 0 spiro atoms. The molecule has 15 heavy (non-hydrogen) atoms. The summed E-state index contributed by atoms with van der Waals surface area (Å²) in [6, 6.07) is 0. The fourth-order valence-corrected chi connectivity index (χ4v) is 1.24. The number of ether oxygens (including phenoxy) is 3. The number of nitrogens with two attached hydrogens (primary N) is 1. The fourth-order valence-electron chi connectivity index (χ4n) is 1.24. The van der Waals surface area contributed by atoms with Crippen molar-refractivity contribution in [2.75, 3.05) is 14.2 Å². The first-order valence-corrected chi connectivity index (χ1v) is 4.84. The summed E-state index contributed by atoms with van der Waals surface area (Å²) in [5, 5.41) is 0. The summed E-state index contributed by atoms with van der Waals surface area (Å²) in [4.78, 5) is 10.3. The van der Waals surface area contributed by atoms with E-state index in [2.05, 4.69) is 11.7 Å². The zero-order chi connectivity index (χ0) is 11.7. The number of carbonyl (C=O) groups excluding carboxylic acids is 1. The average molecular weight is 217 g/mol. The summed E-state index contributed by atoms with van der Waals surface area (Å²) >= 11 is 0. The lowest BCUT2D eigenvalue weighted by Gasteiger charge is -2.21. The van der Waals surface area contributed by atoms with Gasteiger partial charge in [-0.15, -0.1) is 0 Å². The molecule has 2 N–H and O–H groups in total. The number of hydrogen-bond acceptors (Lipinski definition) is 4. The molecule has 0 aliphatic heterocycles. The summed E-state index contributed by atoms with van der Waals surface area (Å²) in [5.74, 6) is 0. The van der Waals surface area contributed by atoms with Crippen LogP contribution in [0.5, 0.6) is 0 Å². The Kier molecular flexibility index (Phi) is 7.67. The maximum absolute atomic E-state index is 10.3. The van der Waals surface area contributed by atoms with Crippen LogP contribution >= 0.6 is 0 Å². The Morgan fingerprint density at radius 3 is 2.47 bits per heavy atom. The van der Waals surface area contributed by atoms with Crippen molar-refractivity contribution in [3.63, 3.8) is 0 Å². The highest BCUT2D eigenvalue weighted by Crippen LogP contribution is 2.10. The first-order valence-electron chi connectivity index (χ1n) is 4.84. The van der Waals surface area contributed by atoms with E-state index >= 15 is 0 Å². The van der Waals surface area contributed by atoms with E-state index in [4.69, 9.17) is 15.2 Å². The van der Waals surface area contributed by atoms with Gasteiger partial charge in [0.15, 0.2) is 0 Å². The SMILES string of the molecule is CCCC(OC)C(C=COC(N)=O)OC. The Labute approximate surface area is 90.2 Å². The van der Waals surface area contributed by atoms with Crippen LogP contribution in [0.3, 0.4) is 0 Å². The summed E-state index contributed by atoms with van der Waals surface area (Å²) in [6.45, 7) is 2.06. The van der Waals surface area contributed by atoms with Crippen LogP contribution in [0.4, 0.5) is 4.79 Å². The number of amides is 1. The van der Waals surface area contributed by atoms with Crippen molar-refractivity contribution < 1.29 is 19.0 Å². The molecule has 0 aromatic rings. The van der Waals surface area contributed by atoms with Crippen molar-refractivity contribution in [3.8, 4) is 0 Å². The molecular formula is C10H19NO4. The normalized spacial score (nSPS) is 15.1. The molecule has 0 radical (unpaired) electrons. The van der Waals surface area contributed by atoms with E-state index in [1.54, 1.807) is 20.3 Å². The second kappa shape index (κ2) is 8.26. The summed E-state index contributed by atoms with van der Waals surface area (Å²) in [5.41, 5.74) is 4.80. The van der Waals surface area contributed by atoms with Gasteiger partial charge in [-0.05, 0) is 12.5 Å². The molecule has 1 amide bonds. The lowest BCUT2D eigenvalue weighted by molar-refractivity contribution is -0.0164. The minimum Gasteiger partial charge on any atom is -0.419 e. The number of methoxy groups -OCH3 is 2. The summed E-state index contributed by atoms with van der Waals surface area (Å²) in [7, 11) is 3.19. The van der Waals surface area contributed by atoms with E-state index in [1.165, 1.54) is 6.26 Å². The predicted molar refractivity (Wildman–Crippen MR) is 56.3 cm³/mol. The van der Waals surface area contributed by atoms with Crippen LogP contribution in [0.15, 0.2) is 12.3 Å². The molecule has 0 bridgehead atoms. The van der Waals surface area contributed by atoms with Crippen molar-refractivity contribution in [1.29, 1.82) is 0 Å². The number of primary amides is 1. The van der Waals surface area contributed by atoms with E-state index < -0.39 is 6.09 Å². The van der Waals surface area contributed by atoms with Crippen LogP contribution < -0.4 is 5.73 Å². The summed E-state index contributed by atoms with van der Waals surface area (Å²) < 4.78 is 14.9. The molecule has 0 heterocycles. The van der Waals surface area contributed by atoms with Gasteiger partial charge in [0.05, 0.1) is 12.4 Å². The van der Waals surface area contributed by atoms with Crippen LogP contribution in [0.25, 0.3) is 0 Å². The van der Waals surface area contributed by atoms with Crippen LogP contribution in [0.2, 0.25) is 0 Å². The van der Waals surface area contributed by atoms with Crippen LogP contribution in [0.1, 0.15) is 19.8 Å². The highest BCUT2D eigenvalue weighted by Gasteiger charge is 2.17. The largest absolute Gasteiger partial charge is 0.419 e. The molecule has 0 fully saturated rings. The maximum Gasteiger partial charge on any atom is 0.409 e. The van der Waals surface area contributed by atoms with E-state index in [0.717, 1.165) is 12.8 Å². The molecule has 0 saturated carbocycles. The summed E-state index contributed by atoms with van der Waals surface area (Å²) in [6.07, 6.45) is 3.55. The quantitative estimate of drug-likeness (QED) is 0.655. The van der Waals surface area contributed by atoms with Gasteiger partial charge in [0.2, 0.25) is 0 Å². The van der Waals surface area contributed by atoms with Gasteiger partial charge in [0, 0.05) is 14.2 Å². The molecule has 0 aliphatic rings. The van der Waals surface area contributed by atoms with Gasteiger partial charge in [-0.2, -0.15) is 0 Å². The van der Waals surface area contributed by atoms with Gasteiger partial charge in [-0.1, -0.05) is 13.3 Å². The zero-order valence-electron chi connectivity index (χ0n) is 9.43. The van der Waals surface area contributed by atoms with Crippen LogP contribution in [0, 0.1) is 0 Å². The van der Waals surface area contributed by atoms with Gasteiger partial charge in [0.25, 0.3) is 0 Å². The minimum absolute atomic E-state index is 0.0484. The van der Waals surface area contributed by atoms with Gasteiger partial charge in [-0.25, -0.2) is 4.79 Å². The Balaban J connectivity index is 4.19. The van der Waals surface area contributed by atoms with E-state index in [-0.39, 0.29) is 12.2 Å². The van der Waals surface area contributed by atoms with Crippen molar-refractivity contribution in [1.82, 2.24) is 0 Å². The predicted octanol–water partition coefficient (Wildman–Crippen LogP) is 1.43. The molecule has 5 nitrogen and oxygen atoms in total. The van der Waals surface area contributed by atoms with Crippen LogP contribution in [-0.2, 0) is 14.2 Å². The number of rotatable bonds is 7. The molecule has 0 saturated heterocycles. The lowest BCUT2D eigenvalue weighted by atomic mass is 10.1. The second-order valence-corrected chi connectivity index (χ2v) is 3.03. The average Bonchev–Trinajstić information content (AvgIpc) is 2.21. The Hall–Kier alpha value is -1.07. The fraction of sp³-hybridized carbons (Fsp3) is 0.700. The zero-order valence-corrected chi connectivity index (χ0v) is 9.43. The van der Waals surface area contributed by atoms with Crippen molar-refractivity contribution in [2.24, 2.45) is 5.73 Å². The molecule has 88 valence electrons. The lowest BCUT2D eigenvalue weighted by Crippen LogP contribution is -2.28. The molecule has 5 heteroatoms. The molecule has 0 aliphatic carbocycles. The third kappa shape index (κ3) is 6.09. The Morgan fingerprint density at radius 2 is 2.07 bits per heavy atom.